The van der Waals surface area contributed by atoms with E-state index in [-0.39, 0.29) is 23.9 Å². The van der Waals surface area contributed by atoms with Crippen LogP contribution >= 0.6 is 0 Å². The second kappa shape index (κ2) is 8.88. The fraction of sp³-hybridized carbons (Fsp3) is 0.550. The van der Waals surface area contributed by atoms with E-state index in [0.29, 0.717) is 19.6 Å². The molecule has 0 bridgehead atoms. The molecule has 1 heterocycles. The van der Waals surface area contributed by atoms with E-state index in [4.69, 9.17) is 14.2 Å². The lowest BCUT2D eigenvalue weighted by Crippen LogP contribution is -2.34. The molecule has 0 spiro atoms. The number of cyclic esters (lactones) is 1. The summed E-state index contributed by atoms with van der Waals surface area (Å²) in [6, 6.07) is 7.84. The Morgan fingerprint density at radius 3 is 2.62 bits per heavy atom. The highest BCUT2D eigenvalue weighted by Crippen LogP contribution is 2.25. The van der Waals surface area contributed by atoms with Crippen molar-refractivity contribution in [2.75, 3.05) is 13.7 Å². The van der Waals surface area contributed by atoms with Gasteiger partial charge in [-0.3, -0.25) is 4.79 Å². The minimum atomic E-state index is -0.136. The Balaban J connectivity index is 1.88. The zero-order chi connectivity index (χ0) is 17.5. The van der Waals surface area contributed by atoms with Crippen LogP contribution in [0.15, 0.2) is 35.9 Å². The monoisotopic (exact) mass is 332 g/mol. The van der Waals surface area contributed by atoms with Crippen LogP contribution in [-0.4, -0.2) is 25.8 Å². The maximum atomic E-state index is 11.9. The first kappa shape index (κ1) is 18.5. The summed E-state index contributed by atoms with van der Waals surface area (Å²) in [4.78, 5) is 11.9. The highest BCUT2D eigenvalue weighted by atomic mass is 16.5. The molecular formula is C20H28O4. The first-order chi connectivity index (χ1) is 11.5. The molecule has 0 radical (unpaired) electrons. The Labute approximate surface area is 144 Å². The maximum Gasteiger partial charge on any atom is 0.306 e. The van der Waals surface area contributed by atoms with E-state index in [2.05, 4.69) is 26.8 Å². The van der Waals surface area contributed by atoms with Crippen LogP contribution in [0, 0.1) is 11.8 Å². The zero-order valence-corrected chi connectivity index (χ0v) is 15.1. The van der Waals surface area contributed by atoms with Gasteiger partial charge in [0.25, 0.3) is 0 Å². The van der Waals surface area contributed by atoms with E-state index in [1.54, 1.807) is 7.11 Å². The number of esters is 1. The van der Waals surface area contributed by atoms with Crippen LogP contribution < -0.4 is 4.74 Å². The Hall–Kier alpha value is -1.81. The van der Waals surface area contributed by atoms with Gasteiger partial charge in [0.05, 0.1) is 20.3 Å². The van der Waals surface area contributed by atoms with Gasteiger partial charge in [0.15, 0.2) is 0 Å². The van der Waals surface area contributed by atoms with Crippen LogP contribution in [0.4, 0.5) is 0 Å². The number of carbonyl (C=O) groups excluding carboxylic acids is 1. The van der Waals surface area contributed by atoms with Gasteiger partial charge in [-0.25, -0.2) is 0 Å². The quantitative estimate of drug-likeness (QED) is 0.580. The summed E-state index contributed by atoms with van der Waals surface area (Å²) in [5.74, 6) is 1.07. The van der Waals surface area contributed by atoms with Gasteiger partial charge in [-0.15, -0.1) is 0 Å². The van der Waals surface area contributed by atoms with Gasteiger partial charge in [-0.2, -0.15) is 0 Å². The van der Waals surface area contributed by atoms with Gasteiger partial charge < -0.3 is 14.2 Å². The van der Waals surface area contributed by atoms with E-state index in [0.717, 1.165) is 17.7 Å². The molecule has 4 heteroatoms. The highest BCUT2D eigenvalue weighted by molar-refractivity contribution is 5.70. The highest BCUT2D eigenvalue weighted by Gasteiger charge is 2.28. The summed E-state index contributed by atoms with van der Waals surface area (Å²) < 4.78 is 16.7. The third-order valence-corrected chi connectivity index (χ3v) is 4.43. The molecular weight excluding hydrogens is 304 g/mol. The molecule has 0 aliphatic carbocycles. The number of hydrogen-bond donors (Lipinski definition) is 0. The summed E-state index contributed by atoms with van der Waals surface area (Å²) in [5.41, 5.74) is 2.36. The number of rotatable bonds is 6. The number of allylic oxidation sites excluding steroid dienone is 1. The van der Waals surface area contributed by atoms with Crippen molar-refractivity contribution in [2.45, 2.75) is 46.3 Å². The first-order valence-corrected chi connectivity index (χ1v) is 8.57. The molecule has 2 rings (SSSR count). The molecule has 0 fully saturated rings. The number of carbonyl (C=O) groups is 1. The largest absolute Gasteiger partial charge is 0.497 e. The van der Waals surface area contributed by atoms with Crippen LogP contribution in [-0.2, 0) is 20.9 Å². The summed E-state index contributed by atoms with van der Waals surface area (Å²) >= 11 is 0. The number of methoxy groups -OCH3 is 1. The fourth-order valence-corrected chi connectivity index (χ4v) is 3.06. The average molecular weight is 332 g/mol. The van der Waals surface area contributed by atoms with Crippen LogP contribution in [0.1, 0.15) is 39.2 Å². The predicted octanol–water partition coefficient (Wildman–Crippen LogP) is 4.14. The van der Waals surface area contributed by atoms with E-state index >= 15 is 0 Å². The van der Waals surface area contributed by atoms with Gasteiger partial charge in [0.1, 0.15) is 11.9 Å². The van der Waals surface area contributed by atoms with Gasteiger partial charge >= 0.3 is 5.97 Å². The fourth-order valence-electron chi connectivity index (χ4n) is 3.06. The van der Waals surface area contributed by atoms with Crippen LogP contribution in [0.5, 0.6) is 5.75 Å². The van der Waals surface area contributed by atoms with Gasteiger partial charge in [-0.1, -0.05) is 37.6 Å². The first-order valence-electron chi connectivity index (χ1n) is 8.57. The maximum absolute atomic E-state index is 11.9. The predicted molar refractivity (Wildman–Crippen MR) is 93.8 cm³/mol. The second-order valence-corrected chi connectivity index (χ2v) is 6.67. The lowest BCUT2D eigenvalue weighted by atomic mass is 9.90. The molecule has 1 aliphatic heterocycles. The lowest BCUT2D eigenvalue weighted by Gasteiger charge is -2.29. The van der Waals surface area contributed by atoms with Crippen LogP contribution in [0.3, 0.4) is 0 Å². The number of hydrogen-bond acceptors (Lipinski definition) is 4. The molecule has 1 aromatic rings. The smallest absolute Gasteiger partial charge is 0.306 e. The molecule has 0 amide bonds. The van der Waals surface area contributed by atoms with Gasteiger partial charge in [-0.05, 0) is 31.0 Å². The van der Waals surface area contributed by atoms with E-state index < -0.39 is 0 Å². The van der Waals surface area contributed by atoms with E-state index in [9.17, 15) is 4.79 Å². The van der Waals surface area contributed by atoms with Crippen molar-refractivity contribution in [2.24, 2.45) is 11.8 Å². The molecule has 132 valence electrons. The number of benzene rings is 1. The van der Waals surface area contributed by atoms with Crippen molar-refractivity contribution >= 4 is 5.97 Å². The Kier molecular flexibility index (Phi) is 6.85. The SMILES string of the molecule is COc1ccc(COC[C@H](C)[C@@H]2OC(=O)CC/C(C)=C\[C@@H]2C)cc1. The summed E-state index contributed by atoms with van der Waals surface area (Å²) in [6.07, 6.45) is 3.34. The van der Waals surface area contributed by atoms with Crippen molar-refractivity contribution in [1.82, 2.24) is 0 Å². The molecule has 0 aromatic heterocycles. The Morgan fingerprint density at radius 1 is 1.25 bits per heavy atom. The molecule has 1 aliphatic rings. The second-order valence-electron chi connectivity index (χ2n) is 6.67. The molecule has 0 N–H and O–H groups in total. The molecule has 0 saturated heterocycles. The molecule has 3 atom stereocenters. The van der Waals surface area contributed by atoms with Crippen molar-refractivity contribution in [3.05, 3.63) is 41.5 Å². The zero-order valence-electron chi connectivity index (χ0n) is 15.1. The Morgan fingerprint density at radius 2 is 1.96 bits per heavy atom. The lowest BCUT2D eigenvalue weighted by molar-refractivity contribution is -0.155. The van der Waals surface area contributed by atoms with E-state index in [1.807, 2.05) is 24.3 Å². The molecule has 24 heavy (non-hydrogen) atoms. The minimum absolute atomic E-state index is 0.110. The van der Waals surface area contributed by atoms with Crippen LogP contribution in [0.25, 0.3) is 0 Å². The third kappa shape index (κ3) is 5.38. The van der Waals surface area contributed by atoms with Crippen molar-refractivity contribution in [3.63, 3.8) is 0 Å². The van der Waals surface area contributed by atoms with E-state index in [1.165, 1.54) is 5.57 Å². The number of ether oxygens (including phenoxy) is 3. The Bertz CT molecular complexity index is 562. The molecule has 1 aromatic carbocycles. The summed E-state index contributed by atoms with van der Waals surface area (Å²) in [7, 11) is 1.65. The standard InChI is InChI=1S/C20H28O4/c1-14-5-10-19(21)24-20(15(2)11-14)16(3)12-23-13-17-6-8-18(22-4)9-7-17/h6-9,11,15-16,20H,5,10,12-13H2,1-4H3/b14-11-/t15-,16-,20+/m0/s1. The normalized spacial score (nSPS) is 25.0. The third-order valence-electron chi connectivity index (χ3n) is 4.43. The minimum Gasteiger partial charge on any atom is -0.497 e. The summed E-state index contributed by atoms with van der Waals surface area (Å²) in [6.45, 7) is 7.36. The topological polar surface area (TPSA) is 44.8 Å². The molecule has 4 nitrogen and oxygen atoms in total. The van der Waals surface area contributed by atoms with Crippen molar-refractivity contribution in [1.29, 1.82) is 0 Å². The van der Waals surface area contributed by atoms with Crippen molar-refractivity contribution in [3.8, 4) is 5.75 Å². The van der Waals surface area contributed by atoms with Crippen LogP contribution in [0.2, 0.25) is 0 Å². The summed E-state index contributed by atoms with van der Waals surface area (Å²) in [5, 5.41) is 0. The van der Waals surface area contributed by atoms with Gasteiger partial charge in [0.2, 0.25) is 0 Å². The molecule has 0 saturated carbocycles. The average Bonchev–Trinajstić information content (AvgIpc) is 2.57. The van der Waals surface area contributed by atoms with Crippen molar-refractivity contribution < 1.29 is 19.0 Å². The van der Waals surface area contributed by atoms with Gasteiger partial charge in [0, 0.05) is 18.3 Å². The molecule has 0 unspecified atom stereocenters.